The van der Waals surface area contributed by atoms with Gasteiger partial charge in [0, 0.05) is 12.1 Å². The number of hydrogen-bond acceptors (Lipinski definition) is 4. The fourth-order valence-corrected chi connectivity index (χ4v) is 3.06. The molecule has 0 amide bonds. The molecule has 0 atom stereocenters. The Morgan fingerprint density at radius 1 is 1.00 bits per heavy atom. The summed E-state index contributed by atoms with van der Waals surface area (Å²) in [7, 11) is 0. The van der Waals surface area contributed by atoms with E-state index in [9.17, 15) is 18.0 Å². The molecule has 0 bridgehead atoms. The molecule has 0 saturated carbocycles. The third kappa shape index (κ3) is 5.57. The molecule has 31 heavy (non-hydrogen) atoms. The van der Waals surface area contributed by atoms with Crippen molar-refractivity contribution in [3.05, 3.63) is 83.2 Å². The number of halogens is 3. The van der Waals surface area contributed by atoms with Crippen molar-refractivity contribution >= 4 is 11.7 Å². The molecule has 0 unspecified atom stereocenters. The Balaban J connectivity index is 1.78. The van der Waals surface area contributed by atoms with E-state index in [0.29, 0.717) is 22.3 Å². The molecule has 162 valence electrons. The molecule has 0 aliphatic heterocycles. The highest BCUT2D eigenvalue weighted by Gasteiger charge is 2.15. The molecule has 7 heteroatoms. The summed E-state index contributed by atoms with van der Waals surface area (Å²) in [6.45, 7) is 3.13. The third-order valence-corrected chi connectivity index (χ3v) is 4.62. The molecule has 0 aliphatic rings. The summed E-state index contributed by atoms with van der Waals surface area (Å²) < 4.78 is 52.7. The third-order valence-electron chi connectivity index (χ3n) is 4.62. The normalized spacial score (nSPS) is 10.6. The molecule has 3 aromatic carbocycles. The lowest BCUT2D eigenvalue weighted by atomic mass is 10.0. The maximum Gasteiger partial charge on any atom is 0.344 e. The Bertz CT molecular complexity index is 1090. The Labute approximate surface area is 178 Å². The first kappa shape index (κ1) is 22.2. The van der Waals surface area contributed by atoms with Crippen LogP contribution < -0.4 is 10.1 Å². The van der Waals surface area contributed by atoms with Crippen LogP contribution in [0.2, 0.25) is 0 Å². The first-order chi connectivity index (χ1) is 14.9. The zero-order chi connectivity index (χ0) is 22.4. The number of esters is 1. The summed E-state index contributed by atoms with van der Waals surface area (Å²) in [5.41, 5.74) is 2.26. The largest absolute Gasteiger partial charge is 0.479 e. The second-order valence-electron chi connectivity index (χ2n) is 6.83. The summed E-state index contributed by atoms with van der Waals surface area (Å²) in [4.78, 5) is 11.4. The van der Waals surface area contributed by atoms with E-state index in [1.807, 2.05) is 0 Å². The zero-order valence-corrected chi connectivity index (χ0v) is 17.2. The van der Waals surface area contributed by atoms with Gasteiger partial charge >= 0.3 is 5.97 Å². The molecular weight excluding hydrogens is 407 g/mol. The molecule has 0 spiro atoms. The molecule has 3 aromatic rings. The van der Waals surface area contributed by atoms with Crippen LogP contribution in [0.4, 0.5) is 18.9 Å². The van der Waals surface area contributed by atoms with Gasteiger partial charge in [0.05, 0.1) is 12.3 Å². The molecule has 0 radical (unpaired) electrons. The highest BCUT2D eigenvalue weighted by Crippen LogP contribution is 2.29. The number of rotatable bonds is 8. The van der Waals surface area contributed by atoms with E-state index in [2.05, 4.69) is 5.32 Å². The number of anilines is 1. The maximum absolute atomic E-state index is 14.9. The van der Waals surface area contributed by atoms with Crippen molar-refractivity contribution in [2.75, 3.05) is 18.5 Å². The Kier molecular flexibility index (Phi) is 7.18. The lowest BCUT2D eigenvalue weighted by Crippen LogP contribution is -2.15. The van der Waals surface area contributed by atoms with Crippen molar-refractivity contribution in [1.82, 2.24) is 0 Å². The number of aryl methyl sites for hydroxylation is 1. The van der Waals surface area contributed by atoms with Gasteiger partial charge < -0.3 is 14.8 Å². The second-order valence-corrected chi connectivity index (χ2v) is 6.83. The van der Waals surface area contributed by atoms with Crippen LogP contribution in [0.25, 0.3) is 11.1 Å². The van der Waals surface area contributed by atoms with Crippen molar-refractivity contribution in [2.45, 2.75) is 20.4 Å². The van der Waals surface area contributed by atoms with Crippen LogP contribution >= 0.6 is 0 Å². The van der Waals surface area contributed by atoms with E-state index < -0.39 is 24.2 Å². The molecule has 0 aromatic heterocycles. The van der Waals surface area contributed by atoms with Gasteiger partial charge in [-0.05, 0) is 60.9 Å². The van der Waals surface area contributed by atoms with Crippen LogP contribution in [0.3, 0.4) is 0 Å². The number of carbonyl (C=O) groups is 1. The molecule has 1 N–H and O–H groups in total. The smallest absolute Gasteiger partial charge is 0.344 e. The van der Waals surface area contributed by atoms with E-state index in [4.69, 9.17) is 9.47 Å². The minimum Gasteiger partial charge on any atom is -0.479 e. The summed E-state index contributed by atoms with van der Waals surface area (Å²) in [5.74, 6) is -2.27. The van der Waals surface area contributed by atoms with Crippen molar-refractivity contribution in [3.8, 4) is 16.9 Å². The monoisotopic (exact) mass is 429 g/mol. The lowest BCUT2D eigenvalue weighted by molar-refractivity contribution is -0.145. The molecular formula is C24H22F3NO3. The number of carbonyl (C=O) groups excluding carboxylic acids is 1. The first-order valence-electron chi connectivity index (χ1n) is 9.74. The minimum absolute atomic E-state index is 0.00587. The molecule has 3 rings (SSSR count). The summed E-state index contributed by atoms with van der Waals surface area (Å²) in [5, 5.41) is 2.90. The van der Waals surface area contributed by atoms with Gasteiger partial charge in [0.1, 0.15) is 11.6 Å². The van der Waals surface area contributed by atoms with Crippen molar-refractivity contribution in [1.29, 1.82) is 0 Å². The van der Waals surface area contributed by atoms with Crippen LogP contribution in [0.5, 0.6) is 5.75 Å². The van der Waals surface area contributed by atoms with Crippen LogP contribution in [0, 0.1) is 24.4 Å². The van der Waals surface area contributed by atoms with Crippen molar-refractivity contribution in [3.63, 3.8) is 0 Å². The number of ether oxygens (including phenoxy) is 2. The van der Waals surface area contributed by atoms with Crippen LogP contribution in [-0.2, 0) is 16.1 Å². The number of hydrogen-bond donors (Lipinski definition) is 1. The average molecular weight is 429 g/mol. The van der Waals surface area contributed by atoms with Crippen LogP contribution in [-0.4, -0.2) is 19.2 Å². The van der Waals surface area contributed by atoms with Gasteiger partial charge in [-0.1, -0.05) is 24.3 Å². The first-order valence-corrected chi connectivity index (χ1v) is 9.74. The van der Waals surface area contributed by atoms with Gasteiger partial charge in [-0.15, -0.1) is 0 Å². The topological polar surface area (TPSA) is 47.6 Å². The standard InChI is InChI=1S/C24H22F3NO3/c1-3-30-22(29)14-31-21-10-7-15(2)24(23(21)27)28-13-18-11-17(8-9-20(18)26)16-5-4-6-19(25)12-16/h4-12,28H,3,13-14H2,1-2H3. The van der Waals surface area contributed by atoms with E-state index in [-0.39, 0.29) is 30.4 Å². The molecule has 4 nitrogen and oxygen atoms in total. The SMILES string of the molecule is CCOC(=O)COc1ccc(C)c(NCc2cc(-c3cccc(F)c3)ccc2F)c1F. The number of benzene rings is 3. The predicted octanol–water partition coefficient (Wildman–Crippen LogP) is 5.63. The van der Waals surface area contributed by atoms with Crippen LogP contribution in [0.15, 0.2) is 54.6 Å². The fourth-order valence-electron chi connectivity index (χ4n) is 3.06. The van der Waals surface area contributed by atoms with Gasteiger partial charge in [-0.25, -0.2) is 18.0 Å². The fraction of sp³-hybridized carbons (Fsp3) is 0.208. The summed E-state index contributed by atoms with van der Waals surface area (Å²) >= 11 is 0. The van der Waals surface area contributed by atoms with Crippen molar-refractivity contribution in [2.24, 2.45) is 0 Å². The zero-order valence-electron chi connectivity index (χ0n) is 17.2. The van der Waals surface area contributed by atoms with E-state index in [1.54, 1.807) is 44.2 Å². The summed E-state index contributed by atoms with van der Waals surface area (Å²) in [6, 6.07) is 13.5. The minimum atomic E-state index is -0.689. The Morgan fingerprint density at radius 3 is 2.52 bits per heavy atom. The van der Waals surface area contributed by atoms with E-state index >= 15 is 0 Å². The van der Waals surface area contributed by atoms with E-state index in [0.717, 1.165) is 0 Å². The number of nitrogens with one attached hydrogen (secondary N) is 1. The second kappa shape index (κ2) is 10.0. The predicted molar refractivity (Wildman–Crippen MR) is 112 cm³/mol. The van der Waals surface area contributed by atoms with Gasteiger partial charge in [0.25, 0.3) is 0 Å². The van der Waals surface area contributed by atoms with Crippen molar-refractivity contribution < 1.29 is 27.4 Å². The summed E-state index contributed by atoms with van der Waals surface area (Å²) in [6.07, 6.45) is 0. The van der Waals surface area contributed by atoms with Gasteiger partial charge in [-0.2, -0.15) is 0 Å². The van der Waals surface area contributed by atoms with Gasteiger partial charge in [0.2, 0.25) is 0 Å². The van der Waals surface area contributed by atoms with Gasteiger partial charge in [-0.3, -0.25) is 0 Å². The molecule has 0 aliphatic carbocycles. The maximum atomic E-state index is 14.9. The Hall–Kier alpha value is -3.48. The average Bonchev–Trinajstić information content (AvgIpc) is 2.74. The lowest BCUT2D eigenvalue weighted by Gasteiger charge is -2.15. The van der Waals surface area contributed by atoms with Crippen LogP contribution in [0.1, 0.15) is 18.1 Å². The molecule has 0 heterocycles. The molecule has 0 saturated heterocycles. The highest BCUT2D eigenvalue weighted by atomic mass is 19.1. The highest BCUT2D eigenvalue weighted by molar-refractivity contribution is 5.71. The van der Waals surface area contributed by atoms with E-state index in [1.165, 1.54) is 24.3 Å². The van der Waals surface area contributed by atoms with Gasteiger partial charge in [0.15, 0.2) is 18.2 Å². The molecule has 0 fully saturated rings. The Morgan fingerprint density at radius 2 is 1.77 bits per heavy atom. The quantitative estimate of drug-likeness (QED) is 0.471.